The van der Waals surface area contributed by atoms with Crippen LogP contribution in [0, 0.1) is 6.92 Å². The molecular weight excluding hydrogens is 270 g/mol. The van der Waals surface area contributed by atoms with Crippen molar-refractivity contribution in [3.63, 3.8) is 0 Å². The van der Waals surface area contributed by atoms with Gasteiger partial charge in [-0.05, 0) is 31.0 Å². The summed E-state index contributed by atoms with van der Waals surface area (Å²) in [4.78, 5) is 16.5. The molecule has 0 radical (unpaired) electrons. The molecule has 0 aliphatic heterocycles. The van der Waals surface area contributed by atoms with E-state index in [0.717, 1.165) is 22.4 Å². The van der Waals surface area contributed by atoms with Gasteiger partial charge >= 0.3 is 0 Å². The third-order valence-corrected chi connectivity index (χ3v) is 3.57. The lowest BCUT2D eigenvalue weighted by atomic mass is 10.0. The van der Waals surface area contributed by atoms with Gasteiger partial charge in [0.1, 0.15) is 5.82 Å². The number of aliphatic hydroxyl groups is 1. The highest BCUT2D eigenvalue weighted by atomic mass is 16.5. The topological polar surface area (TPSA) is 76.4 Å². The summed E-state index contributed by atoms with van der Waals surface area (Å²) in [6.07, 6.45) is 0.404. The fourth-order valence-corrected chi connectivity index (χ4v) is 2.54. The molecule has 0 atom stereocenters. The minimum atomic E-state index is -0.163. The number of methoxy groups -OCH3 is 1. The molecule has 0 unspecified atom stereocenters. The van der Waals surface area contributed by atoms with Gasteiger partial charge in [0.15, 0.2) is 0 Å². The number of carbonyl (C=O) groups is 1. The molecule has 0 aliphatic rings. The van der Waals surface area contributed by atoms with Crippen LogP contribution in [0.2, 0.25) is 0 Å². The number of fused-ring (bicyclic) bond motifs is 1. The minimum absolute atomic E-state index is 0.0207. The summed E-state index contributed by atoms with van der Waals surface area (Å²) in [5, 5.41) is 11.9. The van der Waals surface area contributed by atoms with E-state index in [1.807, 2.05) is 13.0 Å². The van der Waals surface area contributed by atoms with E-state index >= 15 is 0 Å². The lowest BCUT2D eigenvalue weighted by Crippen LogP contribution is -2.20. The first-order valence-electron chi connectivity index (χ1n) is 6.94. The molecule has 1 aromatic heterocycles. The second-order valence-electron chi connectivity index (χ2n) is 4.82. The van der Waals surface area contributed by atoms with Crippen LogP contribution in [0.4, 0.5) is 0 Å². The summed E-state index contributed by atoms with van der Waals surface area (Å²) in [5.74, 6) is 0.708. The van der Waals surface area contributed by atoms with Crippen LogP contribution in [0.5, 0.6) is 0 Å². The van der Waals surface area contributed by atoms with Crippen LogP contribution in [-0.2, 0) is 17.7 Å². The summed E-state index contributed by atoms with van der Waals surface area (Å²) in [6.45, 7) is 3.21. The smallest absolute Gasteiger partial charge is 0.251 e. The molecule has 6 heteroatoms. The zero-order valence-electron chi connectivity index (χ0n) is 12.6. The highest BCUT2D eigenvalue weighted by molar-refractivity contribution is 6.00. The van der Waals surface area contributed by atoms with Crippen molar-refractivity contribution >= 4 is 16.9 Å². The Labute approximate surface area is 123 Å². The van der Waals surface area contributed by atoms with Crippen LogP contribution >= 0.6 is 0 Å². The maximum Gasteiger partial charge on any atom is 0.251 e. The Balaban J connectivity index is 2.61. The molecule has 1 amide bonds. The lowest BCUT2D eigenvalue weighted by molar-refractivity contribution is 0.0962. The van der Waals surface area contributed by atoms with Crippen LogP contribution < -0.4 is 5.32 Å². The average molecular weight is 291 g/mol. The highest BCUT2D eigenvalue weighted by Gasteiger charge is 2.17. The van der Waals surface area contributed by atoms with E-state index in [1.54, 1.807) is 20.2 Å². The number of aromatic nitrogens is 2. The zero-order valence-corrected chi connectivity index (χ0v) is 12.6. The Bertz CT molecular complexity index is 649. The van der Waals surface area contributed by atoms with Gasteiger partial charge in [0, 0.05) is 32.9 Å². The zero-order chi connectivity index (χ0) is 15.4. The number of nitrogens with zero attached hydrogens (tertiary/aromatic N) is 2. The number of hydrogen-bond acceptors (Lipinski definition) is 4. The summed E-state index contributed by atoms with van der Waals surface area (Å²) >= 11 is 0. The number of aryl methyl sites for hydroxylation is 1. The maximum absolute atomic E-state index is 12.0. The van der Waals surface area contributed by atoms with Gasteiger partial charge in [0.05, 0.1) is 17.6 Å². The van der Waals surface area contributed by atoms with Crippen molar-refractivity contribution in [1.29, 1.82) is 0 Å². The van der Waals surface area contributed by atoms with Crippen molar-refractivity contribution in [3.8, 4) is 0 Å². The van der Waals surface area contributed by atoms with Gasteiger partial charge in [-0.25, -0.2) is 4.98 Å². The summed E-state index contributed by atoms with van der Waals surface area (Å²) in [5.41, 5.74) is 3.09. The van der Waals surface area contributed by atoms with E-state index in [9.17, 15) is 9.90 Å². The maximum atomic E-state index is 12.0. The van der Waals surface area contributed by atoms with Crippen LogP contribution in [0.25, 0.3) is 11.0 Å². The molecule has 114 valence electrons. The normalized spacial score (nSPS) is 11.0. The highest BCUT2D eigenvalue weighted by Crippen LogP contribution is 2.24. The van der Waals surface area contributed by atoms with Gasteiger partial charge in [0.25, 0.3) is 5.91 Å². The number of imidazole rings is 1. The Morgan fingerprint density at radius 2 is 2.24 bits per heavy atom. The predicted molar refractivity (Wildman–Crippen MR) is 80.5 cm³/mol. The third kappa shape index (κ3) is 2.91. The number of nitrogens with one attached hydrogen (secondary N) is 1. The number of carbonyl (C=O) groups excluding carboxylic acids is 1. The molecule has 0 saturated heterocycles. The molecule has 2 rings (SSSR count). The predicted octanol–water partition coefficient (Wildman–Crippen LogP) is 0.886. The van der Waals surface area contributed by atoms with Crippen molar-refractivity contribution in [2.24, 2.45) is 0 Å². The number of amides is 1. The molecule has 6 nitrogen and oxygen atoms in total. The van der Waals surface area contributed by atoms with Gasteiger partial charge in [-0.3, -0.25) is 4.79 Å². The van der Waals surface area contributed by atoms with Gasteiger partial charge in [-0.15, -0.1) is 0 Å². The number of hydrogen-bond donors (Lipinski definition) is 2. The summed E-state index contributed by atoms with van der Waals surface area (Å²) in [7, 11) is 3.26. The second kappa shape index (κ2) is 6.69. The molecule has 0 aliphatic carbocycles. The van der Waals surface area contributed by atoms with E-state index in [0.29, 0.717) is 25.1 Å². The third-order valence-electron chi connectivity index (χ3n) is 3.57. The van der Waals surface area contributed by atoms with Gasteiger partial charge < -0.3 is 19.7 Å². The first kappa shape index (κ1) is 15.5. The molecule has 2 aromatic rings. The van der Waals surface area contributed by atoms with Crippen LogP contribution in [0.3, 0.4) is 0 Å². The van der Waals surface area contributed by atoms with Crippen molar-refractivity contribution in [2.45, 2.75) is 19.9 Å². The van der Waals surface area contributed by atoms with Gasteiger partial charge in [-0.1, -0.05) is 0 Å². The van der Waals surface area contributed by atoms with E-state index in [-0.39, 0.29) is 12.5 Å². The van der Waals surface area contributed by atoms with Crippen LogP contribution in [-0.4, -0.2) is 47.9 Å². The van der Waals surface area contributed by atoms with E-state index in [1.165, 1.54) is 0 Å². The second-order valence-corrected chi connectivity index (χ2v) is 4.82. The quantitative estimate of drug-likeness (QED) is 0.828. The molecule has 21 heavy (non-hydrogen) atoms. The van der Waals surface area contributed by atoms with Gasteiger partial charge in [-0.2, -0.15) is 0 Å². The number of benzene rings is 1. The molecule has 0 spiro atoms. The Morgan fingerprint density at radius 3 is 2.86 bits per heavy atom. The fourth-order valence-electron chi connectivity index (χ4n) is 2.54. The standard InChI is InChI=1S/C15H21N3O3/c1-10-17-14-11(6-8-19)12(15(20)16-2)4-5-13(14)18(10)7-9-21-3/h4-5,19H,6-9H2,1-3H3,(H,16,20). The minimum Gasteiger partial charge on any atom is -0.396 e. The Hall–Kier alpha value is -1.92. The number of aliphatic hydroxyl groups excluding tert-OH is 1. The van der Waals surface area contributed by atoms with E-state index in [2.05, 4.69) is 14.9 Å². The van der Waals surface area contributed by atoms with Crippen molar-refractivity contribution in [1.82, 2.24) is 14.9 Å². The van der Waals surface area contributed by atoms with Crippen LogP contribution in [0.15, 0.2) is 12.1 Å². The summed E-state index contributed by atoms with van der Waals surface area (Å²) < 4.78 is 7.19. The molecule has 1 aromatic carbocycles. The molecule has 0 saturated carbocycles. The fraction of sp³-hybridized carbons (Fsp3) is 0.467. The van der Waals surface area contributed by atoms with E-state index in [4.69, 9.17) is 4.74 Å². The monoisotopic (exact) mass is 291 g/mol. The average Bonchev–Trinajstić information content (AvgIpc) is 2.81. The SMILES string of the molecule is CNC(=O)c1ccc2c(nc(C)n2CCOC)c1CCO. The largest absolute Gasteiger partial charge is 0.396 e. The Morgan fingerprint density at radius 1 is 1.48 bits per heavy atom. The van der Waals surface area contributed by atoms with Crippen LogP contribution in [0.1, 0.15) is 21.7 Å². The van der Waals surface area contributed by atoms with Crippen molar-refractivity contribution < 1.29 is 14.6 Å². The van der Waals surface area contributed by atoms with Crippen molar-refractivity contribution in [2.75, 3.05) is 27.4 Å². The first-order chi connectivity index (χ1) is 10.1. The summed E-state index contributed by atoms with van der Waals surface area (Å²) in [6, 6.07) is 3.69. The molecule has 0 bridgehead atoms. The lowest BCUT2D eigenvalue weighted by Gasteiger charge is -2.10. The molecule has 2 N–H and O–H groups in total. The number of rotatable bonds is 6. The number of ether oxygens (including phenoxy) is 1. The van der Waals surface area contributed by atoms with Gasteiger partial charge in [0.2, 0.25) is 0 Å². The Kier molecular flexibility index (Phi) is 4.93. The molecule has 1 heterocycles. The van der Waals surface area contributed by atoms with Crippen molar-refractivity contribution in [3.05, 3.63) is 29.1 Å². The van der Waals surface area contributed by atoms with E-state index < -0.39 is 0 Å². The first-order valence-corrected chi connectivity index (χ1v) is 6.94. The molecule has 0 fully saturated rings. The molecular formula is C15H21N3O3.